The molecule has 1 aromatic carbocycles. The highest BCUT2D eigenvalue weighted by molar-refractivity contribution is 6.01. The number of amides is 2. The van der Waals surface area contributed by atoms with Gasteiger partial charge >= 0.3 is 0 Å². The number of aromatic nitrogens is 1. The van der Waals surface area contributed by atoms with Crippen LogP contribution in [0.5, 0.6) is 5.88 Å². The lowest BCUT2D eigenvalue weighted by molar-refractivity contribution is -0.119. The van der Waals surface area contributed by atoms with Crippen molar-refractivity contribution in [2.45, 2.75) is 58.7 Å². The number of hydrogen-bond acceptors (Lipinski definition) is 7. The molecular weight excluding hydrogens is 506 g/mol. The van der Waals surface area contributed by atoms with Gasteiger partial charge in [0.25, 0.3) is 5.91 Å². The summed E-state index contributed by atoms with van der Waals surface area (Å²) < 4.78 is 5.57. The van der Waals surface area contributed by atoms with Crippen LogP contribution >= 0.6 is 0 Å². The molecule has 1 aromatic heterocycles. The number of nitrogens with zero attached hydrogens (tertiary/aromatic N) is 3. The van der Waals surface area contributed by atoms with Crippen LogP contribution in [0.15, 0.2) is 42.1 Å². The van der Waals surface area contributed by atoms with E-state index in [2.05, 4.69) is 40.4 Å². The van der Waals surface area contributed by atoms with Gasteiger partial charge in [0, 0.05) is 81.5 Å². The lowest BCUT2D eigenvalue weighted by Gasteiger charge is -2.38. The van der Waals surface area contributed by atoms with Gasteiger partial charge < -0.3 is 25.4 Å². The molecule has 2 atom stereocenters. The molecule has 3 aliphatic heterocycles. The summed E-state index contributed by atoms with van der Waals surface area (Å²) in [6.07, 6.45) is 6.38. The van der Waals surface area contributed by atoms with Crippen LogP contribution in [-0.4, -0.2) is 77.1 Å². The van der Waals surface area contributed by atoms with Crippen molar-refractivity contribution < 1.29 is 19.4 Å². The molecule has 2 amide bonds. The molecule has 214 valence electrons. The average molecular weight is 548 g/mol. The summed E-state index contributed by atoms with van der Waals surface area (Å²) in [5.74, 6) is -0.309. The van der Waals surface area contributed by atoms with Gasteiger partial charge in [-0.05, 0) is 68.0 Å². The number of ether oxygens (including phenoxy) is 1. The Morgan fingerprint density at radius 1 is 1.20 bits per heavy atom. The fourth-order valence-electron chi connectivity index (χ4n) is 5.89. The standard InChI is InChI=1S/C31H41N5O4/c1-4-20(2)15-26-29(33-23-6-13-40-14-7-23)25-18-24(21(3)16-27(25)34-30(26)38)31(39)36-11-9-35(10-12-36)19-22-5-8-32-28(37)17-22/h5,8,15-18,23,26,29,33H,4,6-7,9-14,19H2,1-3H3,(H,32,37)(H,34,38)/b20-15-. The number of hydrogen-bond donors (Lipinski definition) is 3. The van der Waals surface area contributed by atoms with Crippen LogP contribution < -0.4 is 10.6 Å². The first-order valence-electron chi connectivity index (χ1n) is 14.4. The van der Waals surface area contributed by atoms with Crippen molar-refractivity contribution in [1.82, 2.24) is 20.1 Å². The third kappa shape index (κ3) is 6.37. The van der Waals surface area contributed by atoms with E-state index in [0.29, 0.717) is 38.4 Å². The number of benzene rings is 1. The highest BCUT2D eigenvalue weighted by atomic mass is 16.5. The minimum absolute atomic E-state index is 0.0121. The number of anilines is 1. The van der Waals surface area contributed by atoms with Crippen molar-refractivity contribution in [3.63, 3.8) is 0 Å². The first-order chi connectivity index (χ1) is 19.3. The number of fused-ring (bicyclic) bond motifs is 1. The molecule has 0 bridgehead atoms. The normalized spacial score (nSPS) is 22.6. The Morgan fingerprint density at radius 3 is 2.65 bits per heavy atom. The fraction of sp³-hybridized carbons (Fsp3) is 0.516. The molecule has 4 heterocycles. The molecule has 3 aliphatic rings. The van der Waals surface area contributed by atoms with Gasteiger partial charge in [-0.3, -0.25) is 14.5 Å². The van der Waals surface area contributed by atoms with Crippen LogP contribution in [0.1, 0.15) is 66.2 Å². The van der Waals surface area contributed by atoms with Gasteiger partial charge in [0.05, 0.1) is 5.92 Å². The fourth-order valence-corrected chi connectivity index (χ4v) is 5.89. The molecule has 0 saturated carbocycles. The minimum Gasteiger partial charge on any atom is -0.493 e. The highest BCUT2D eigenvalue weighted by Gasteiger charge is 2.37. The molecule has 40 heavy (non-hydrogen) atoms. The van der Waals surface area contributed by atoms with Crippen molar-refractivity contribution in [3.8, 4) is 5.88 Å². The number of piperazine rings is 1. The van der Waals surface area contributed by atoms with Gasteiger partial charge in [-0.2, -0.15) is 0 Å². The SMILES string of the molecule is CC/C(C)=C\C1C(=O)Nc2cc(C)c(C(=O)N3CCN(Cc4ccnc(O)c4)CC3)cc2C1NC1CCOCC1. The molecule has 2 aromatic rings. The molecule has 2 fully saturated rings. The monoisotopic (exact) mass is 547 g/mol. The largest absolute Gasteiger partial charge is 0.493 e. The van der Waals surface area contributed by atoms with Crippen molar-refractivity contribution in [2.75, 3.05) is 44.7 Å². The van der Waals surface area contributed by atoms with E-state index in [1.54, 1.807) is 12.3 Å². The zero-order valence-electron chi connectivity index (χ0n) is 23.8. The Morgan fingerprint density at radius 2 is 1.95 bits per heavy atom. The summed E-state index contributed by atoms with van der Waals surface area (Å²) in [5.41, 5.74) is 5.49. The minimum atomic E-state index is -0.350. The van der Waals surface area contributed by atoms with Crippen LogP contribution in [0, 0.1) is 12.8 Å². The van der Waals surface area contributed by atoms with Crippen LogP contribution in [0.2, 0.25) is 0 Å². The summed E-state index contributed by atoms with van der Waals surface area (Å²) in [7, 11) is 0. The summed E-state index contributed by atoms with van der Waals surface area (Å²) in [5, 5.41) is 16.6. The molecule has 9 nitrogen and oxygen atoms in total. The quantitative estimate of drug-likeness (QED) is 0.453. The molecule has 3 N–H and O–H groups in total. The number of nitrogens with one attached hydrogen (secondary N) is 2. The third-order valence-corrected chi connectivity index (χ3v) is 8.42. The summed E-state index contributed by atoms with van der Waals surface area (Å²) in [4.78, 5) is 35.2. The maximum atomic E-state index is 13.8. The van der Waals surface area contributed by atoms with Gasteiger partial charge in [-0.1, -0.05) is 18.6 Å². The van der Waals surface area contributed by atoms with Gasteiger partial charge in [0.2, 0.25) is 11.8 Å². The summed E-state index contributed by atoms with van der Waals surface area (Å²) in [6, 6.07) is 7.60. The van der Waals surface area contributed by atoms with E-state index in [9.17, 15) is 14.7 Å². The van der Waals surface area contributed by atoms with Gasteiger partial charge in [0.1, 0.15) is 0 Å². The molecule has 2 saturated heterocycles. The maximum absolute atomic E-state index is 13.8. The number of rotatable bonds is 7. The first kappa shape index (κ1) is 28.3. The second-order valence-corrected chi connectivity index (χ2v) is 11.3. The van der Waals surface area contributed by atoms with Gasteiger partial charge in [-0.25, -0.2) is 4.98 Å². The number of carbonyl (C=O) groups is 2. The number of aromatic hydroxyl groups is 1. The molecule has 9 heteroatoms. The second kappa shape index (κ2) is 12.5. The second-order valence-electron chi connectivity index (χ2n) is 11.3. The summed E-state index contributed by atoms with van der Waals surface area (Å²) >= 11 is 0. The van der Waals surface area contributed by atoms with Gasteiger partial charge in [-0.15, -0.1) is 0 Å². The molecule has 0 radical (unpaired) electrons. The van der Waals surface area contributed by atoms with Crippen molar-refractivity contribution in [2.24, 2.45) is 5.92 Å². The maximum Gasteiger partial charge on any atom is 0.254 e. The van der Waals surface area contributed by atoms with E-state index in [4.69, 9.17) is 4.74 Å². The Labute approximate surface area is 236 Å². The Hall–Kier alpha value is -3.27. The number of aryl methyl sites for hydroxylation is 1. The third-order valence-electron chi connectivity index (χ3n) is 8.42. The van der Waals surface area contributed by atoms with Crippen molar-refractivity contribution in [3.05, 3.63) is 64.4 Å². The molecule has 0 spiro atoms. The Bertz CT molecular complexity index is 1260. The zero-order valence-corrected chi connectivity index (χ0v) is 23.8. The topological polar surface area (TPSA) is 107 Å². The van der Waals surface area contributed by atoms with E-state index in [-0.39, 0.29) is 35.7 Å². The smallest absolute Gasteiger partial charge is 0.254 e. The lowest BCUT2D eigenvalue weighted by atomic mass is 9.83. The van der Waals surface area contributed by atoms with E-state index in [0.717, 1.165) is 54.7 Å². The predicted molar refractivity (Wildman–Crippen MR) is 154 cm³/mol. The average Bonchev–Trinajstić information content (AvgIpc) is 2.95. The lowest BCUT2D eigenvalue weighted by Crippen LogP contribution is -2.48. The number of carbonyl (C=O) groups excluding carboxylic acids is 2. The van der Waals surface area contributed by atoms with Crippen molar-refractivity contribution in [1.29, 1.82) is 0 Å². The molecular formula is C31H41N5O4. The van der Waals surface area contributed by atoms with Gasteiger partial charge in [0.15, 0.2) is 0 Å². The van der Waals surface area contributed by atoms with Crippen LogP contribution in [0.4, 0.5) is 5.69 Å². The van der Waals surface area contributed by atoms with Crippen LogP contribution in [-0.2, 0) is 16.1 Å². The van der Waals surface area contributed by atoms with E-state index in [1.807, 2.05) is 30.0 Å². The first-order valence-corrected chi connectivity index (χ1v) is 14.4. The summed E-state index contributed by atoms with van der Waals surface area (Å²) in [6.45, 7) is 11.0. The van der Waals surface area contributed by atoms with Crippen LogP contribution in [0.25, 0.3) is 0 Å². The zero-order chi connectivity index (χ0) is 28.2. The number of pyridine rings is 1. The van der Waals surface area contributed by atoms with E-state index in [1.165, 1.54) is 5.57 Å². The Balaban J connectivity index is 1.36. The van der Waals surface area contributed by atoms with Crippen LogP contribution in [0.3, 0.4) is 0 Å². The van der Waals surface area contributed by atoms with E-state index < -0.39 is 0 Å². The number of allylic oxidation sites excluding steroid dienone is 1. The highest BCUT2D eigenvalue weighted by Crippen LogP contribution is 2.38. The predicted octanol–water partition coefficient (Wildman–Crippen LogP) is 3.79. The Kier molecular flexibility index (Phi) is 8.83. The molecule has 0 aliphatic carbocycles. The molecule has 2 unspecified atom stereocenters. The van der Waals surface area contributed by atoms with Crippen molar-refractivity contribution >= 4 is 17.5 Å². The van der Waals surface area contributed by atoms with E-state index >= 15 is 0 Å². The molecule has 5 rings (SSSR count).